The summed E-state index contributed by atoms with van der Waals surface area (Å²) in [7, 11) is 1.61. The van der Waals surface area contributed by atoms with E-state index in [2.05, 4.69) is 0 Å². The molecule has 1 aliphatic rings. The third-order valence-corrected chi connectivity index (χ3v) is 5.61. The summed E-state index contributed by atoms with van der Waals surface area (Å²) in [4.78, 5) is 24.0. The predicted molar refractivity (Wildman–Crippen MR) is 89.7 cm³/mol. The Labute approximate surface area is 132 Å². The smallest absolute Gasteiger partial charge is 0.191 e. The van der Waals surface area contributed by atoms with E-state index in [9.17, 15) is 9.59 Å². The van der Waals surface area contributed by atoms with Gasteiger partial charge in [-0.3, -0.25) is 9.59 Å². The Morgan fingerprint density at radius 2 is 1.76 bits per heavy atom. The molecule has 1 fully saturated rings. The van der Waals surface area contributed by atoms with Crippen molar-refractivity contribution < 1.29 is 14.3 Å². The molecule has 1 aromatic carbocycles. The van der Waals surface area contributed by atoms with Crippen LogP contribution in [0.4, 0.5) is 0 Å². The molecule has 0 N–H and O–H groups in total. The third kappa shape index (κ3) is 4.25. The molecule has 0 saturated carbocycles. The lowest BCUT2D eigenvalue weighted by Crippen LogP contribution is -2.08. The van der Waals surface area contributed by atoms with Crippen LogP contribution in [0.5, 0.6) is 5.75 Å². The standard InChI is InChI=1S/C16H16O3S2/c1-11(17)15(16-20-9-10-21-16)14(18)8-5-12-3-6-13(19-2)7-4-12/h3-8H,9-10H2,1-2H3. The molecular weight excluding hydrogens is 304 g/mol. The highest BCUT2D eigenvalue weighted by molar-refractivity contribution is 8.25. The van der Waals surface area contributed by atoms with E-state index in [-0.39, 0.29) is 11.6 Å². The maximum atomic E-state index is 12.3. The van der Waals surface area contributed by atoms with Crippen LogP contribution in [-0.4, -0.2) is 30.2 Å². The van der Waals surface area contributed by atoms with Gasteiger partial charge in [-0.05, 0) is 30.7 Å². The summed E-state index contributed by atoms with van der Waals surface area (Å²) in [5, 5.41) is 0. The van der Waals surface area contributed by atoms with Crippen molar-refractivity contribution >= 4 is 41.2 Å². The minimum atomic E-state index is -0.227. The number of carbonyl (C=O) groups excluding carboxylic acids is 2. The molecule has 0 radical (unpaired) electrons. The lowest BCUT2D eigenvalue weighted by molar-refractivity contribution is -0.118. The van der Waals surface area contributed by atoms with Gasteiger partial charge in [-0.1, -0.05) is 18.2 Å². The Kier molecular flexibility index (Phi) is 5.70. The average molecular weight is 320 g/mol. The first-order valence-electron chi connectivity index (χ1n) is 6.49. The molecule has 5 heteroatoms. The number of Topliss-reactive ketones (excluding diaryl/α,β-unsaturated/α-hetero) is 1. The quantitative estimate of drug-likeness (QED) is 0.471. The van der Waals surface area contributed by atoms with Crippen molar-refractivity contribution in [2.75, 3.05) is 18.6 Å². The summed E-state index contributed by atoms with van der Waals surface area (Å²) in [6.45, 7) is 1.45. The van der Waals surface area contributed by atoms with E-state index in [1.165, 1.54) is 13.0 Å². The van der Waals surface area contributed by atoms with Crippen LogP contribution in [-0.2, 0) is 9.59 Å². The first-order valence-corrected chi connectivity index (χ1v) is 8.46. The topological polar surface area (TPSA) is 43.4 Å². The molecule has 3 nitrogen and oxygen atoms in total. The van der Waals surface area contributed by atoms with Crippen LogP contribution in [0.2, 0.25) is 0 Å². The fourth-order valence-electron chi connectivity index (χ4n) is 1.84. The summed E-state index contributed by atoms with van der Waals surface area (Å²) in [6.07, 6.45) is 3.18. The molecule has 0 atom stereocenters. The Morgan fingerprint density at radius 3 is 2.29 bits per heavy atom. The van der Waals surface area contributed by atoms with E-state index in [1.807, 2.05) is 24.3 Å². The maximum absolute atomic E-state index is 12.3. The van der Waals surface area contributed by atoms with Crippen LogP contribution in [0.25, 0.3) is 6.08 Å². The van der Waals surface area contributed by atoms with Gasteiger partial charge < -0.3 is 4.74 Å². The van der Waals surface area contributed by atoms with Gasteiger partial charge in [-0.15, -0.1) is 23.5 Å². The van der Waals surface area contributed by atoms with Gasteiger partial charge in [0.05, 0.1) is 16.9 Å². The molecular formula is C16H16O3S2. The van der Waals surface area contributed by atoms with Gasteiger partial charge in [-0.2, -0.15) is 0 Å². The van der Waals surface area contributed by atoms with Gasteiger partial charge in [0, 0.05) is 11.5 Å². The lowest BCUT2D eigenvalue weighted by Gasteiger charge is -2.03. The molecule has 1 aromatic rings. The second-order valence-electron chi connectivity index (χ2n) is 4.39. The Hall–Kier alpha value is -1.46. The lowest BCUT2D eigenvalue weighted by atomic mass is 10.1. The number of thioether (sulfide) groups is 2. The monoisotopic (exact) mass is 320 g/mol. The van der Waals surface area contributed by atoms with E-state index in [0.717, 1.165) is 27.1 Å². The van der Waals surface area contributed by atoms with Crippen LogP contribution in [0.3, 0.4) is 0 Å². The van der Waals surface area contributed by atoms with Crippen molar-refractivity contribution in [2.24, 2.45) is 0 Å². The first-order chi connectivity index (χ1) is 10.1. The van der Waals surface area contributed by atoms with Gasteiger partial charge in [0.25, 0.3) is 0 Å². The van der Waals surface area contributed by atoms with Crippen LogP contribution >= 0.6 is 23.5 Å². The molecule has 0 spiro atoms. The van der Waals surface area contributed by atoms with Gasteiger partial charge in [0.15, 0.2) is 11.6 Å². The third-order valence-electron chi connectivity index (χ3n) is 2.90. The molecule has 0 unspecified atom stereocenters. The number of ketones is 2. The number of methoxy groups -OCH3 is 1. The Bertz CT molecular complexity index is 592. The molecule has 1 aliphatic heterocycles. The van der Waals surface area contributed by atoms with Crippen LogP contribution in [0, 0.1) is 0 Å². The van der Waals surface area contributed by atoms with E-state index < -0.39 is 0 Å². The fourth-order valence-corrected chi connectivity index (χ4v) is 4.49. The SMILES string of the molecule is COc1ccc(C=CC(=O)C(C(C)=O)=C2SCCS2)cc1. The van der Waals surface area contributed by atoms with Gasteiger partial charge >= 0.3 is 0 Å². The van der Waals surface area contributed by atoms with Crippen molar-refractivity contribution in [3.05, 3.63) is 45.7 Å². The Balaban J connectivity index is 2.16. The van der Waals surface area contributed by atoms with Gasteiger partial charge in [0.2, 0.25) is 0 Å². The zero-order chi connectivity index (χ0) is 15.2. The van der Waals surface area contributed by atoms with Crippen LogP contribution in [0.15, 0.2) is 40.2 Å². The molecule has 0 bridgehead atoms. The molecule has 0 amide bonds. The highest BCUT2D eigenvalue weighted by atomic mass is 32.2. The number of hydrogen-bond donors (Lipinski definition) is 0. The number of rotatable bonds is 5. The van der Waals surface area contributed by atoms with Crippen molar-refractivity contribution in [2.45, 2.75) is 6.92 Å². The number of allylic oxidation sites excluding steroid dienone is 2. The second-order valence-corrected chi connectivity index (χ2v) is 6.86. The highest BCUT2D eigenvalue weighted by Gasteiger charge is 2.21. The molecule has 110 valence electrons. The minimum absolute atomic E-state index is 0.170. The van der Waals surface area contributed by atoms with Crippen molar-refractivity contribution in [3.63, 3.8) is 0 Å². The first kappa shape index (κ1) is 15.9. The summed E-state index contributed by atoms with van der Waals surface area (Å²) in [6, 6.07) is 7.39. The molecule has 0 aliphatic carbocycles. The van der Waals surface area contributed by atoms with Crippen molar-refractivity contribution in [3.8, 4) is 5.75 Å². The predicted octanol–water partition coefficient (Wildman–Crippen LogP) is 3.56. The van der Waals surface area contributed by atoms with Gasteiger partial charge in [0.1, 0.15) is 5.75 Å². The largest absolute Gasteiger partial charge is 0.497 e. The summed E-state index contributed by atoms with van der Waals surface area (Å²) >= 11 is 3.17. The molecule has 0 aromatic heterocycles. The molecule has 21 heavy (non-hydrogen) atoms. The number of carbonyl (C=O) groups is 2. The zero-order valence-electron chi connectivity index (χ0n) is 11.9. The van der Waals surface area contributed by atoms with Crippen molar-refractivity contribution in [1.29, 1.82) is 0 Å². The van der Waals surface area contributed by atoms with E-state index >= 15 is 0 Å². The van der Waals surface area contributed by atoms with Crippen molar-refractivity contribution in [1.82, 2.24) is 0 Å². The molecule has 1 saturated heterocycles. The Morgan fingerprint density at radius 1 is 1.14 bits per heavy atom. The number of benzene rings is 1. The van der Waals surface area contributed by atoms with E-state index in [0.29, 0.717) is 5.57 Å². The number of ether oxygens (including phenoxy) is 1. The van der Waals surface area contributed by atoms with Crippen LogP contribution in [0.1, 0.15) is 12.5 Å². The fraction of sp³-hybridized carbons (Fsp3) is 0.250. The maximum Gasteiger partial charge on any atom is 0.191 e. The van der Waals surface area contributed by atoms with E-state index in [1.54, 1.807) is 36.7 Å². The normalized spacial score (nSPS) is 14.5. The second kappa shape index (κ2) is 7.52. The van der Waals surface area contributed by atoms with Gasteiger partial charge in [-0.25, -0.2) is 0 Å². The average Bonchev–Trinajstić information content (AvgIpc) is 2.99. The minimum Gasteiger partial charge on any atom is -0.497 e. The summed E-state index contributed by atoms with van der Waals surface area (Å²) in [5.74, 6) is 2.27. The molecule has 2 rings (SSSR count). The van der Waals surface area contributed by atoms with E-state index in [4.69, 9.17) is 4.74 Å². The van der Waals surface area contributed by atoms with Crippen LogP contribution < -0.4 is 4.74 Å². The molecule has 1 heterocycles. The summed E-state index contributed by atoms with van der Waals surface area (Å²) in [5.41, 5.74) is 1.20. The summed E-state index contributed by atoms with van der Waals surface area (Å²) < 4.78 is 5.94. The highest BCUT2D eigenvalue weighted by Crippen LogP contribution is 2.39. The zero-order valence-corrected chi connectivity index (χ0v) is 13.6. The number of hydrogen-bond acceptors (Lipinski definition) is 5.